The van der Waals surface area contributed by atoms with Crippen LogP contribution in [0.5, 0.6) is 5.75 Å². The van der Waals surface area contributed by atoms with Crippen LogP contribution in [-0.2, 0) is 10.0 Å². The summed E-state index contributed by atoms with van der Waals surface area (Å²) in [6.45, 7) is 3.77. The third kappa shape index (κ3) is 3.36. The summed E-state index contributed by atoms with van der Waals surface area (Å²) in [6.07, 6.45) is 0.487. The zero-order chi connectivity index (χ0) is 13.8. The standard InChI is InChI=1S/C12H20N2O3S/c1-4-11(8-13)18(15,16)14-10-5-6-12(17-3)9(2)7-10/h5-7,11,14H,4,8,13H2,1-3H3. The second-order valence-electron chi connectivity index (χ2n) is 4.10. The van der Waals surface area contributed by atoms with E-state index in [4.69, 9.17) is 10.5 Å². The van der Waals surface area contributed by atoms with Gasteiger partial charge in [-0.2, -0.15) is 0 Å². The van der Waals surface area contributed by atoms with E-state index in [-0.39, 0.29) is 6.54 Å². The van der Waals surface area contributed by atoms with Gasteiger partial charge in [-0.1, -0.05) is 6.92 Å². The van der Waals surface area contributed by atoms with E-state index >= 15 is 0 Å². The molecule has 0 heterocycles. The lowest BCUT2D eigenvalue weighted by molar-refractivity contribution is 0.412. The van der Waals surface area contributed by atoms with Gasteiger partial charge in [0.05, 0.1) is 12.4 Å². The fraction of sp³-hybridized carbons (Fsp3) is 0.500. The summed E-state index contributed by atoms with van der Waals surface area (Å²) in [5, 5.41) is -0.570. The van der Waals surface area contributed by atoms with Crippen molar-refractivity contribution in [2.45, 2.75) is 25.5 Å². The quantitative estimate of drug-likeness (QED) is 0.822. The minimum Gasteiger partial charge on any atom is -0.496 e. The Kier molecular flexibility index (Phi) is 4.98. The molecule has 0 aromatic heterocycles. The van der Waals surface area contributed by atoms with E-state index in [2.05, 4.69) is 4.72 Å². The van der Waals surface area contributed by atoms with E-state index < -0.39 is 15.3 Å². The Hall–Kier alpha value is -1.27. The Morgan fingerprint density at radius 2 is 2.11 bits per heavy atom. The fourth-order valence-corrected chi connectivity index (χ4v) is 3.02. The normalized spacial score (nSPS) is 13.1. The average molecular weight is 272 g/mol. The maximum atomic E-state index is 12.0. The molecule has 0 spiro atoms. The molecule has 0 aliphatic carbocycles. The number of hydrogen-bond acceptors (Lipinski definition) is 4. The van der Waals surface area contributed by atoms with Crippen LogP contribution in [0.1, 0.15) is 18.9 Å². The number of aryl methyl sites for hydroxylation is 1. The van der Waals surface area contributed by atoms with Gasteiger partial charge in [-0.25, -0.2) is 8.42 Å². The molecule has 0 radical (unpaired) electrons. The van der Waals surface area contributed by atoms with Gasteiger partial charge >= 0.3 is 0 Å². The highest BCUT2D eigenvalue weighted by molar-refractivity contribution is 7.93. The summed E-state index contributed by atoms with van der Waals surface area (Å²) >= 11 is 0. The first-order valence-electron chi connectivity index (χ1n) is 5.81. The number of ether oxygens (including phenoxy) is 1. The second kappa shape index (κ2) is 6.06. The smallest absolute Gasteiger partial charge is 0.236 e. The van der Waals surface area contributed by atoms with Gasteiger partial charge in [0, 0.05) is 12.2 Å². The van der Waals surface area contributed by atoms with E-state index in [0.717, 1.165) is 11.3 Å². The molecule has 0 amide bonds. The first kappa shape index (κ1) is 14.8. The largest absolute Gasteiger partial charge is 0.496 e. The molecule has 0 bridgehead atoms. The Morgan fingerprint density at radius 3 is 2.56 bits per heavy atom. The van der Waals surface area contributed by atoms with Crippen LogP contribution in [0.15, 0.2) is 18.2 Å². The zero-order valence-corrected chi connectivity index (χ0v) is 11.8. The first-order valence-corrected chi connectivity index (χ1v) is 7.35. The Bertz CT molecular complexity index is 496. The highest BCUT2D eigenvalue weighted by Crippen LogP contribution is 2.22. The molecule has 0 aliphatic heterocycles. The van der Waals surface area contributed by atoms with E-state index in [1.165, 1.54) is 0 Å². The van der Waals surface area contributed by atoms with Crippen molar-refractivity contribution in [1.29, 1.82) is 0 Å². The molecule has 6 heteroatoms. The number of rotatable bonds is 6. The van der Waals surface area contributed by atoms with Crippen molar-refractivity contribution in [2.75, 3.05) is 18.4 Å². The van der Waals surface area contributed by atoms with E-state index in [1.54, 1.807) is 32.2 Å². The molecule has 0 aliphatic rings. The molecule has 1 rings (SSSR count). The fourth-order valence-electron chi connectivity index (χ4n) is 1.70. The Labute approximate surface area is 108 Å². The first-order chi connectivity index (χ1) is 8.44. The molecular weight excluding hydrogens is 252 g/mol. The molecule has 18 heavy (non-hydrogen) atoms. The van der Waals surface area contributed by atoms with E-state index in [9.17, 15) is 8.42 Å². The SMILES string of the molecule is CCC(CN)S(=O)(=O)Nc1ccc(OC)c(C)c1. The third-order valence-electron chi connectivity index (χ3n) is 2.81. The number of hydrogen-bond donors (Lipinski definition) is 2. The second-order valence-corrected chi connectivity index (χ2v) is 6.06. The molecule has 0 saturated carbocycles. The maximum absolute atomic E-state index is 12.0. The molecule has 3 N–H and O–H groups in total. The van der Waals surface area contributed by atoms with E-state index in [0.29, 0.717) is 12.1 Å². The molecule has 102 valence electrons. The van der Waals surface area contributed by atoms with Crippen LogP contribution >= 0.6 is 0 Å². The summed E-state index contributed by atoms with van der Waals surface area (Å²) in [6, 6.07) is 5.14. The van der Waals surface area contributed by atoms with Gasteiger partial charge in [-0.05, 0) is 37.1 Å². The van der Waals surface area contributed by atoms with E-state index in [1.807, 2.05) is 6.92 Å². The number of methoxy groups -OCH3 is 1. The molecule has 1 unspecified atom stereocenters. The van der Waals surface area contributed by atoms with Gasteiger partial charge in [0.2, 0.25) is 10.0 Å². The van der Waals surface area contributed by atoms with Crippen LogP contribution in [0.25, 0.3) is 0 Å². The lowest BCUT2D eigenvalue weighted by atomic mass is 10.2. The van der Waals surface area contributed by atoms with Crippen LogP contribution in [0, 0.1) is 6.92 Å². The summed E-state index contributed by atoms with van der Waals surface area (Å²) in [5.74, 6) is 0.726. The van der Waals surface area contributed by atoms with Crippen LogP contribution in [-0.4, -0.2) is 27.3 Å². The number of benzene rings is 1. The zero-order valence-electron chi connectivity index (χ0n) is 10.9. The monoisotopic (exact) mass is 272 g/mol. The summed E-state index contributed by atoms with van der Waals surface area (Å²) < 4.78 is 31.7. The summed E-state index contributed by atoms with van der Waals surface area (Å²) in [4.78, 5) is 0. The minimum atomic E-state index is -3.43. The predicted molar refractivity (Wildman–Crippen MR) is 73.4 cm³/mol. The average Bonchev–Trinajstić information content (AvgIpc) is 2.29. The van der Waals surface area contributed by atoms with Crippen molar-refractivity contribution < 1.29 is 13.2 Å². The molecule has 5 nitrogen and oxygen atoms in total. The molecule has 1 atom stereocenters. The van der Waals surface area contributed by atoms with Gasteiger partial charge in [0.15, 0.2) is 0 Å². The van der Waals surface area contributed by atoms with Crippen molar-refractivity contribution in [1.82, 2.24) is 0 Å². The summed E-state index contributed by atoms with van der Waals surface area (Å²) in [7, 11) is -1.85. The van der Waals surface area contributed by atoms with Crippen molar-refractivity contribution in [2.24, 2.45) is 5.73 Å². The number of anilines is 1. The van der Waals surface area contributed by atoms with Gasteiger partial charge in [-0.15, -0.1) is 0 Å². The molecule has 1 aromatic rings. The highest BCUT2D eigenvalue weighted by Gasteiger charge is 2.22. The number of sulfonamides is 1. The topological polar surface area (TPSA) is 81.4 Å². The van der Waals surface area contributed by atoms with Gasteiger partial charge in [0.25, 0.3) is 0 Å². The van der Waals surface area contributed by atoms with Crippen LogP contribution in [0.4, 0.5) is 5.69 Å². The minimum absolute atomic E-state index is 0.112. The molecule has 1 aromatic carbocycles. The van der Waals surface area contributed by atoms with Gasteiger partial charge in [0.1, 0.15) is 5.75 Å². The Balaban J connectivity index is 2.94. The van der Waals surface area contributed by atoms with Gasteiger partial charge in [-0.3, -0.25) is 4.72 Å². The number of nitrogens with one attached hydrogen (secondary N) is 1. The maximum Gasteiger partial charge on any atom is 0.236 e. The lowest BCUT2D eigenvalue weighted by Gasteiger charge is -2.16. The predicted octanol–water partition coefficient (Wildman–Crippen LogP) is 1.48. The third-order valence-corrected chi connectivity index (χ3v) is 4.74. The van der Waals surface area contributed by atoms with Crippen molar-refractivity contribution in [3.8, 4) is 5.75 Å². The molecule has 0 fully saturated rings. The van der Waals surface area contributed by atoms with Crippen LogP contribution < -0.4 is 15.2 Å². The van der Waals surface area contributed by atoms with Crippen molar-refractivity contribution >= 4 is 15.7 Å². The van der Waals surface area contributed by atoms with Crippen molar-refractivity contribution in [3.05, 3.63) is 23.8 Å². The Morgan fingerprint density at radius 1 is 1.44 bits per heavy atom. The van der Waals surface area contributed by atoms with Crippen LogP contribution in [0.2, 0.25) is 0 Å². The highest BCUT2D eigenvalue weighted by atomic mass is 32.2. The van der Waals surface area contributed by atoms with Gasteiger partial charge < -0.3 is 10.5 Å². The lowest BCUT2D eigenvalue weighted by Crippen LogP contribution is -2.33. The summed E-state index contributed by atoms with van der Waals surface area (Å²) in [5.41, 5.74) is 6.86. The molecule has 0 saturated heterocycles. The molecular formula is C12H20N2O3S. The van der Waals surface area contributed by atoms with Crippen LogP contribution in [0.3, 0.4) is 0 Å². The number of nitrogens with two attached hydrogens (primary N) is 1. The van der Waals surface area contributed by atoms with Crippen molar-refractivity contribution in [3.63, 3.8) is 0 Å².